The van der Waals surface area contributed by atoms with Gasteiger partial charge in [-0.25, -0.2) is 0 Å². The highest BCUT2D eigenvalue weighted by molar-refractivity contribution is 5.86. The van der Waals surface area contributed by atoms with Gasteiger partial charge >= 0.3 is 0 Å². The molecule has 5 rings (SSSR count). The number of pyridine rings is 1. The number of piperidine rings is 1. The number of aromatic nitrogens is 3. The van der Waals surface area contributed by atoms with Gasteiger partial charge in [-0.15, -0.1) is 0 Å². The molecule has 2 aliphatic rings. The van der Waals surface area contributed by atoms with E-state index < -0.39 is 0 Å². The van der Waals surface area contributed by atoms with Gasteiger partial charge in [0.1, 0.15) is 11.4 Å². The zero-order valence-electron chi connectivity index (χ0n) is 16.9. The molecule has 156 valence electrons. The lowest BCUT2D eigenvalue weighted by molar-refractivity contribution is 0.122. The van der Waals surface area contributed by atoms with Gasteiger partial charge in [0.15, 0.2) is 0 Å². The van der Waals surface area contributed by atoms with E-state index in [0.29, 0.717) is 49.3 Å². The molecule has 8 nitrogen and oxygen atoms in total. The number of aromatic amines is 1. The fraction of sp³-hybridized carbons (Fsp3) is 0.409. The van der Waals surface area contributed by atoms with E-state index in [1.54, 1.807) is 0 Å². The average Bonchev–Trinajstić information content (AvgIpc) is 2.80. The average molecular weight is 406 g/mol. The molecule has 0 radical (unpaired) electrons. The third-order valence-electron chi connectivity index (χ3n) is 5.74. The molecule has 2 fully saturated rings. The molecule has 8 heteroatoms. The quantitative estimate of drug-likeness (QED) is 0.610. The van der Waals surface area contributed by atoms with Crippen LogP contribution in [0.4, 0.5) is 11.8 Å². The molecule has 0 aliphatic carbocycles. The van der Waals surface area contributed by atoms with Crippen LogP contribution in [-0.2, 0) is 4.74 Å². The lowest BCUT2D eigenvalue weighted by Crippen LogP contribution is -2.40. The molecule has 0 spiro atoms. The van der Waals surface area contributed by atoms with E-state index in [2.05, 4.69) is 25.5 Å². The van der Waals surface area contributed by atoms with Gasteiger partial charge in [-0.05, 0) is 30.8 Å². The smallest absolute Gasteiger partial charge is 0.263 e. The summed E-state index contributed by atoms with van der Waals surface area (Å²) in [6.07, 6.45) is 3.95. The highest BCUT2D eigenvalue weighted by Crippen LogP contribution is 2.27. The van der Waals surface area contributed by atoms with E-state index in [4.69, 9.17) is 9.72 Å². The maximum atomic E-state index is 13.2. The van der Waals surface area contributed by atoms with Crippen LogP contribution in [0.2, 0.25) is 0 Å². The molecule has 1 unspecified atom stereocenters. The summed E-state index contributed by atoms with van der Waals surface area (Å²) in [4.78, 5) is 27.7. The summed E-state index contributed by atoms with van der Waals surface area (Å²) in [6, 6.07) is 10.2. The Labute approximate surface area is 174 Å². The summed E-state index contributed by atoms with van der Waals surface area (Å²) in [5.74, 6) is 1.18. The van der Waals surface area contributed by atoms with E-state index in [1.807, 2.05) is 36.5 Å². The largest absolute Gasteiger partial charge is 0.378 e. The zero-order chi connectivity index (χ0) is 20.3. The number of nitrogens with zero attached hydrogens (tertiary/aromatic N) is 3. The second kappa shape index (κ2) is 8.41. The molecular weight excluding hydrogens is 380 g/mol. The van der Waals surface area contributed by atoms with Crippen LogP contribution >= 0.6 is 0 Å². The number of H-pyrrole nitrogens is 1. The third-order valence-corrected chi connectivity index (χ3v) is 5.74. The first kappa shape index (κ1) is 19.0. The number of morpholine rings is 1. The molecule has 1 atom stereocenters. The van der Waals surface area contributed by atoms with Gasteiger partial charge in [0.05, 0.1) is 18.9 Å². The van der Waals surface area contributed by atoms with E-state index in [9.17, 15) is 4.79 Å². The fourth-order valence-electron chi connectivity index (χ4n) is 4.12. The van der Waals surface area contributed by atoms with Crippen molar-refractivity contribution in [3.05, 3.63) is 46.9 Å². The van der Waals surface area contributed by atoms with Crippen molar-refractivity contribution in [1.29, 1.82) is 0 Å². The second-order valence-corrected chi connectivity index (χ2v) is 7.82. The van der Waals surface area contributed by atoms with Crippen molar-refractivity contribution in [2.75, 3.05) is 49.6 Å². The number of rotatable bonds is 4. The Hall–Kier alpha value is -2.97. The Morgan fingerprint density at radius 1 is 1.17 bits per heavy atom. The van der Waals surface area contributed by atoms with Crippen LogP contribution in [0.15, 0.2) is 41.3 Å². The van der Waals surface area contributed by atoms with Gasteiger partial charge < -0.3 is 20.3 Å². The van der Waals surface area contributed by atoms with Crippen molar-refractivity contribution in [3.63, 3.8) is 0 Å². The Morgan fingerprint density at radius 3 is 2.80 bits per heavy atom. The van der Waals surface area contributed by atoms with Gasteiger partial charge in [0.25, 0.3) is 5.56 Å². The molecule has 3 aromatic rings. The lowest BCUT2D eigenvalue weighted by atomic mass is 10.1. The maximum absolute atomic E-state index is 13.2. The van der Waals surface area contributed by atoms with Gasteiger partial charge in [0.2, 0.25) is 5.95 Å². The van der Waals surface area contributed by atoms with Gasteiger partial charge in [0, 0.05) is 37.3 Å². The summed E-state index contributed by atoms with van der Waals surface area (Å²) in [5.41, 5.74) is 0.936. The van der Waals surface area contributed by atoms with Crippen LogP contribution in [0, 0.1) is 0 Å². The minimum absolute atomic E-state index is 0.180. The van der Waals surface area contributed by atoms with E-state index in [1.165, 1.54) is 0 Å². The summed E-state index contributed by atoms with van der Waals surface area (Å²) in [7, 11) is 0. The van der Waals surface area contributed by atoms with Crippen molar-refractivity contribution in [1.82, 2.24) is 20.3 Å². The molecule has 0 bridgehead atoms. The molecule has 0 amide bonds. The molecule has 1 aromatic carbocycles. The number of hydrogen-bond donors (Lipinski definition) is 3. The SMILES string of the molecule is O=c1[nH]c(N2CCOCC2)nc(NC2CCCNC2)c1-c1cc2ccccc2cn1. The predicted molar refractivity (Wildman–Crippen MR) is 118 cm³/mol. The summed E-state index contributed by atoms with van der Waals surface area (Å²) in [5, 5.41) is 9.03. The first-order chi connectivity index (χ1) is 14.8. The van der Waals surface area contributed by atoms with Crippen LogP contribution in [0.5, 0.6) is 0 Å². The molecule has 2 saturated heterocycles. The molecule has 0 saturated carbocycles. The number of anilines is 2. The van der Waals surface area contributed by atoms with Crippen LogP contribution < -0.4 is 21.1 Å². The van der Waals surface area contributed by atoms with Crippen LogP contribution in [0.25, 0.3) is 22.0 Å². The molecule has 4 heterocycles. The predicted octanol–water partition coefficient (Wildman–Crippen LogP) is 1.99. The lowest BCUT2D eigenvalue weighted by Gasteiger charge is -2.29. The summed E-state index contributed by atoms with van der Waals surface area (Å²) in [6.45, 7) is 4.56. The van der Waals surface area contributed by atoms with Crippen LogP contribution in [0.3, 0.4) is 0 Å². The standard InChI is InChI=1S/C22H26N6O2/c29-21-19(18-12-15-4-1-2-5-16(15)13-24-18)20(25-17-6-3-7-23-14-17)26-22(27-21)28-8-10-30-11-9-28/h1-2,4-5,12-13,17,23H,3,6-11,14H2,(H2,25,26,27,29). The molecule has 30 heavy (non-hydrogen) atoms. The van der Waals surface area contributed by atoms with Crippen molar-refractivity contribution in [2.24, 2.45) is 0 Å². The Kier molecular flexibility index (Phi) is 5.33. The first-order valence-corrected chi connectivity index (χ1v) is 10.6. The zero-order valence-corrected chi connectivity index (χ0v) is 16.9. The molecule has 3 N–H and O–H groups in total. The van der Waals surface area contributed by atoms with Gasteiger partial charge in [-0.1, -0.05) is 24.3 Å². The van der Waals surface area contributed by atoms with E-state index in [0.717, 1.165) is 36.7 Å². The molecular formula is C22H26N6O2. The van der Waals surface area contributed by atoms with Gasteiger partial charge in [-0.2, -0.15) is 4.98 Å². The summed E-state index contributed by atoms with van der Waals surface area (Å²) < 4.78 is 5.44. The van der Waals surface area contributed by atoms with E-state index >= 15 is 0 Å². The fourth-order valence-corrected chi connectivity index (χ4v) is 4.12. The number of hydrogen-bond acceptors (Lipinski definition) is 7. The number of nitrogens with one attached hydrogen (secondary N) is 3. The van der Waals surface area contributed by atoms with Crippen molar-refractivity contribution < 1.29 is 4.74 Å². The maximum Gasteiger partial charge on any atom is 0.263 e. The number of ether oxygens (including phenoxy) is 1. The Morgan fingerprint density at radius 2 is 2.00 bits per heavy atom. The van der Waals surface area contributed by atoms with Crippen molar-refractivity contribution in [3.8, 4) is 11.3 Å². The Balaban J connectivity index is 1.58. The highest BCUT2D eigenvalue weighted by Gasteiger charge is 2.22. The minimum atomic E-state index is -0.180. The summed E-state index contributed by atoms with van der Waals surface area (Å²) >= 11 is 0. The minimum Gasteiger partial charge on any atom is -0.378 e. The second-order valence-electron chi connectivity index (χ2n) is 7.82. The van der Waals surface area contributed by atoms with Crippen LogP contribution in [-0.4, -0.2) is 60.4 Å². The number of fused-ring (bicyclic) bond motifs is 1. The van der Waals surface area contributed by atoms with Crippen LogP contribution in [0.1, 0.15) is 12.8 Å². The van der Waals surface area contributed by atoms with E-state index in [-0.39, 0.29) is 11.6 Å². The number of benzene rings is 1. The normalized spacial score (nSPS) is 19.7. The topological polar surface area (TPSA) is 95.2 Å². The highest BCUT2D eigenvalue weighted by atomic mass is 16.5. The van der Waals surface area contributed by atoms with Crippen molar-refractivity contribution in [2.45, 2.75) is 18.9 Å². The third kappa shape index (κ3) is 3.88. The Bertz CT molecular complexity index is 1090. The van der Waals surface area contributed by atoms with Crippen molar-refractivity contribution >= 4 is 22.5 Å². The molecule has 2 aliphatic heterocycles. The van der Waals surface area contributed by atoms with Gasteiger partial charge in [-0.3, -0.25) is 14.8 Å². The molecule has 2 aromatic heterocycles. The first-order valence-electron chi connectivity index (χ1n) is 10.6. The monoisotopic (exact) mass is 406 g/mol.